The Morgan fingerprint density at radius 1 is 0.333 bits per heavy atom. The molecule has 10 aromatic carbocycles. The summed E-state index contributed by atoms with van der Waals surface area (Å²) in [6, 6.07) is 66.7. The molecule has 2 aromatic heterocycles. The molecule has 12 aromatic rings. The Morgan fingerprint density at radius 2 is 0.870 bits per heavy atom. The smallest absolute Gasteiger partial charge is 0.136 e. The molecule has 0 saturated carbocycles. The van der Waals surface area contributed by atoms with Crippen molar-refractivity contribution in [1.82, 2.24) is 0 Å². The number of thiophene rings is 1. The molecule has 250 valence electrons. The lowest BCUT2D eigenvalue weighted by Gasteiger charge is -2.19. The monoisotopic (exact) mass is 702 g/mol. The van der Waals surface area contributed by atoms with Crippen LogP contribution in [0.4, 0.5) is 0 Å². The number of benzene rings is 10. The van der Waals surface area contributed by atoms with E-state index in [4.69, 9.17) is 4.42 Å². The molecule has 0 aliphatic rings. The summed E-state index contributed by atoms with van der Waals surface area (Å²) in [5.41, 5.74) is 9.39. The molecule has 0 N–H and O–H groups in total. The van der Waals surface area contributed by atoms with Gasteiger partial charge in [0.2, 0.25) is 0 Å². The molecule has 0 unspecified atom stereocenters. The van der Waals surface area contributed by atoms with Gasteiger partial charge in [0.1, 0.15) is 11.2 Å². The van der Waals surface area contributed by atoms with Gasteiger partial charge in [-0.15, -0.1) is 11.3 Å². The van der Waals surface area contributed by atoms with Crippen molar-refractivity contribution in [2.75, 3.05) is 0 Å². The van der Waals surface area contributed by atoms with Crippen LogP contribution in [0, 0.1) is 0 Å². The van der Waals surface area contributed by atoms with Crippen molar-refractivity contribution in [2.45, 2.75) is 0 Å². The van der Waals surface area contributed by atoms with E-state index in [1.54, 1.807) is 0 Å². The zero-order chi connectivity index (χ0) is 35.3. The normalized spacial score (nSPS) is 12.1. The number of rotatable bonds is 3. The highest BCUT2D eigenvalue weighted by Crippen LogP contribution is 2.47. The Balaban J connectivity index is 1.01. The zero-order valence-electron chi connectivity index (χ0n) is 29.1. The second kappa shape index (κ2) is 11.4. The predicted molar refractivity (Wildman–Crippen MR) is 233 cm³/mol. The number of fused-ring (bicyclic) bond motifs is 12. The lowest BCUT2D eigenvalue weighted by molar-refractivity contribution is 0.669. The minimum Gasteiger partial charge on any atom is -0.456 e. The maximum Gasteiger partial charge on any atom is 0.136 e. The zero-order valence-corrected chi connectivity index (χ0v) is 30.0. The summed E-state index contributed by atoms with van der Waals surface area (Å²) in [4.78, 5) is 0. The van der Waals surface area contributed by atoms with Gasteiger partial charge in [0.05, 0.1) is 0 Å². The number of furan rings is 1. The fourth-order valence-electron chi connectivity index (χ4n) is 9.04. The molecular formula is C52H30OS. The van der Waals surface area contributed by atoms with E-state index in [0.717, 1.165) is 11.2 Å². The van der Waals surface area contributed by atoms with Crippen LogP contribution in [0.5, 0.6) is 0 Å². The van der Waals surface area contributed by atoms with Crippen LogP contribution in [0.1, 0.15) is 0 Å². The lowest BCUT2D eigenvalue weighted by Crippen LogP contribution is -1.91. The second-order valence-electron chi connectivity index (χ2n) is 14.3. The molecule has 0 radical (unpaired) electrons. The second-order valence-corrected chi connectivity index (χ2v) is 15.4. The molecule has 0 aliphatic carbocycles. The van der Waals surface area contributed by atoms with E-state index in [-0.39, 0.29) is 0 Å². The third-order valence-corrected chi connectivity index (χ3v) is 12.6. The topological polar surface area (TPSA) is 13.1 Å². The molecule has 0 fully saturated rings. The van der Waals surface area contributed by atoms with Gasteiger partial charge >= 0.3 is 0 Å². The third-order valence-electron chi connectivity index (χ3n) is 11.5. The fraction of sp³-hybridized carbons (Fsp3) is 0. The summed E-state index contributed by atoms with van der Waals surface area (Å²) in [5, 5.41) is 15.1. The summed E-state index contributed by atoms with van der Waals surface area (Å²) >= 11 is 1.87. The van der Waals surface area contributed by atoms with Crippen molar-refractivity contribution in [3.8, 4) is 33.4 Å². The first-order valence-corrected chi connectivity index (χ1v) is 19.3. The minimum absolute atomic E-state index is 0.943. The molecule has 12 rings (SSSR count). The van der Waals surface area contributed by atoms with E-state index in [1.165, 1.54) is 107 Å². The standard InChI is InChI=1S/C52H30OS/c1-3-13-36-32(10-1)12-9-19-39(36)49-42-17-7-5-15-40(42)48(41-16-6-8-18-43(41)49)34-22-20-31(21-23-34)35-24-26-38-44-27-29-46-51(52(44)54-47(38)30-35)50-37-14-4-2-11-33(37)25-28-45(50)53-46/h1-30H. The largest absolute Gasteiger partial charge is 0.456 e. The molecule has 2 heteroatoms. The Labute approximate surface area is 314 Å². The van der Waals surface area contributed by atoms with Gasteiger partial charge < -0.3 is 4.42 Å². The quantitative estimate of drug-likeness (QED) is 0.167. The maximum atomic E-state index is 6.41. The van der Waals surface area contributed by atoms with E-state index in [9.17, 15) is 0 Å². The predicted octanol–water partition coefficient (Wildman–Crippen LogP) is 15.6. The summed E-state index contributed by atoms with van der Waals surface area (Å²) < 4.78 is 8.99. The van der Waals surface area contributed by atoms with Gasteiger partial charge in [-0.2, -0.15) is 0 Å². The van der Waals surface area contributed by atoms with Crippen molar-refractivity contribution in [3.63, 3.8) is 0 Å². The van der Waals surface area contributed by atoms with Crippen LogP contribution in [0.3, 0.4) is 0 Å². The molecule has 0 atom stereocenters. The molecule has 0 saturated heterocycles. The van der Waals surface area contributed by atoms with Crippen LogP contribution in [-0.2, 0) is 0 Å². The average Bonchev–Trinajstić information content (AvgIpc) is 3.81. The van der Waals surface area contributed by atoms with Gasteiger partial charge in [0, 0.05) is 30.9 Å². The summed E-state index contributed by atoms with van der Waals surface area (Å²) in [7, 11) is 0. The molecule has 2 heterocycles. The van der Waals surface area contributed by atoms with Crippen molar-refractivity contribution in [3.05, 3.63) is 182 Å². The Hall–Kier alpha value is -6.74. The minimum atomic E-state index is 0.943. The van der Waals surface area contributed by atoms with Crippen LogP contribution >= 0.6 is 11.3 Å². The number of hydrogen-bond donors (Lipinski definition) is 0. The van der Waals surface area contributed by atoms with Crippen LogP contribution in [-0.4, -0.2) is 0 Å². The van der Waals surface area contributed by atoms with Crippen LogP contribution in [0.15, 0.2) is 186 Å². The van der Waals surface area contributed by atoms with Gasteiger partial charge in [-0.05, 0) is 101 Å². The molecule has 0 bridgehead atoms. The Bertz CT molecular complexity index is 3430. The van der Waals surface area contributed by atoms with Crippen LogP contribution < -0.4 is 0 Å². The molecule has 54 heavy (non-hydrogen) atoms. The van der Waals surface area contributed by atoms with Crippen LogP contribution in [0.2, 0.25) is 0 Å². The van der Waals surface area contributed by atoms with Crippen LogP contribution in [0.25, 0.3) is 119 Å². The highest BCUT2D eigenvalue weighted by Gasteiger charge is 2.19. The fourth-order valence-corrected chi connectivity index (χ4v) is 10.3. The van der Waals surface area contributed by atoms with Gasteiger partial charge in [-0.1, -0.05) is 158 Å². The first-order valence-electron chi connectivity index (χ1n) is 18.5. The highest BCUT2D eigenvalue weighted by atomic mass is 32.1. The molecule has 0 aliphatic heterocycles. The van der Waals surface area contributed by atoms with Crippen molar-refractivity contribution in [1.29, 1.82) is 0 Å². The SMILES string of the molecule is c1ccc2c(-c3c4ccccc4c(-c4ccc(-c5ccc6c(c5)sc5c6ccc6oc7ccc8ccccc8c7c65)cc4)c4ccccc34)cccc2c1. The first kappa shape index (κ1) is 29.8. The van der Waals surface area contributed by atoms with Crippen molar-refractivity contribution in [2.24, 2.45) is 0 Å². The van der Waals surface area contributed by atoms with Gasteiger partial charge in [0.15, 0.2) is 0 Å². The van der Waals surface area contributed by atoms with E-state index >= 15 is 0 Å². The van der Waals surface area contributed by atoms with Gasteiger partial charge in [0.25, 0.3) is 0 Å². The first-order chi connectivity index (χ1) is 26.8. The van der Waals surface area contributed by atoms with E-state index in [1.807, 2.05) is 11.3 Å². The third kappa shape index (κ3) is 4.26. The van der Waals surface area contributed by atoms with E-state index in [0.29, 0.717) is 0 Å². The molecule has 0 spiro atoms. The van der Waals surface area contributed by atoms with Gasteiger partial charge in [-0.25, -0.2) is 0 Å². The van der Waals surface area contributed by atoms with E-state index in [2.05, 4.69) is 182 Å². The summed E-state index contributed by atoms with van der Waals surface area (Å²) in [6.07, 6.45) is 0. The Morgan fingerprint density at radius 3 is 1.61 bits per heavy atom. The maximum absolute atomic E-state index is 6.41. The molecular weight excluding hydrogens is 673 g/mol. The summed E-state index contributed by atoms with van der Waals surface area (Å²) in [6.45, 7) is 0. The average molecular weight is 703 g/mol. The lowest BCUT2D eigenvalue weighted by atomic mass is 9.84. The van der Waals surface area contributed by atoms with Crippen molar-refractivity contribution >= 4 is 96.5 Å². The molecule has 1 nitrogen and oxygen atoms in total. The highest BCUT2D eigenvalue weighted by molar-refractivity contribution is 7.26. The van der Waals surface area contributed by atoms with E-state index < -0.39 is 0 Å². The summed E-state index contributed by atoms with van der Waals surface area (Å²) in [5.74, 6) is 0. The van der Waals surface area contributed by atoms with Gasteiger partial charge in [-0.3, -0.25) is 0 Å². The molecule has 0 amide bonds. The van der Waals surface area contributed by atoms with Crippen molar-refractivity contribution < 1.29 is 4.42 Å². The number of hydrogen-bond acceptors (Lipinski definition) is 2. The Kier molecular flexibility index (Phi) is 6.28.